The summed E-state index contributed by atoms with van der Waals surface area (Å²) in [6.45, 7) is 0.787. The fraction of sp³-hybridized carbons (Fsp3) is 0.417. The summed E-state index contributed by atoms with van der Waals surface area (Å²) < 4.78 is 5.02. The number of amides is 1. The molecule has 0 heterocycles. The van der Waals surface area contributed by atoms with Crippen LogP contribution in [0.5, 0.6) is 5.75 Å². The number of anilines is 1. The lowest BCUT2D eigenvalue weighted by Gasteiger charge is -2.14. The number of ether oxygens (including phenoxy) is 1. The maximum absolute atomic E-state index is 11.6. The van der Waals surface area contributed by atoms with Crippen molar-refractivity contribution in [3.63, 3.8) is 0 Å². The van der Waals surface area contributed by atoms with Crippen LogP contribution >= 0.6 is 0 Å². The van der Waals surface area contributed by atoms with Gasteiger partial charge in [0.15, 0.2) is 0 Å². The first-order valence-electron chi connectivity index (χ1n) is 5.39. The first kappa shape index (κ1) is 13.5. The van der Waals surface area contributed by atoms with Crippen molar-refractivity contribution in [3.8, 4) is 5.75 Å². The van der Waals surface area contributed by atoms with Crippen LogP contribution in [0.1, 0.15) is 0 Å². The molecule has 0 aliphatic rings. The van der Waals surface area contributed by atoms with E-state index in [-0.39, 0.29) is 19.1 Å². The molecule has 0 aromatic heterocycles. The SMILES string of the molecule is COc1ccc(NC(=O)CN(C)CCO)cc1. The number of nitrogens with one attached hydrogen (secondary N) is 1. The van der Waals surface area contributed by atoms with Gasteiger partial charge in [0.2, 0.25) is 5.91 Å². The molecule has 5 heteroatoms. The van der Waals surface area contributed by atoms with Gasteiger partial charge in [-0.1, -0.05) is 0 Å². The van der Waals surface area contributed by atoms with E-state index in [0.29, 0.717) is 6.54 Å². The summed E-state index contributed by atoms with van der Waals surface area (Å²) in [5, 5.41) is 11.5. The molecule has 1 rings (SSSR count). The van der Waals surface area contributed by atoms with E-state index in [4.69, 9.17) is 9.84 Å². The maximum atomic E-state index is 11.6. The highest BCUT2D eigenvalue weighted by atomic mass is 16.5. The van der Waals surface area contributed by atoms with Crippen molar-refractivity contribution < 1.29 is 14.6 Å². The number of hydrogen-bond donors (Lipinski definition) is 2. The van der Waals surface area contributed by atoms with E-state index in [0.717, 1.165) is 11.4 Å². The van der Waals surface area contributed by atoms with Gasteiger partial charge in [-0.05, 0) is 31.3 Å². The zero-order chi connectivity index (χ0) is 12.7. The fourth-order valence-corrected chi connectivity index (χ4v) is 1.37. The zero-order valence-corrected chi connectivity index (χ0v) is 10.1. The highest BCUT2D eigenvalue weighted by Crippen LogP contribution is 2.14. The van der Waals surface area contributed by atoms with Crippen molar-refractivity contribution in [2.45, 2.75) is 0 Å². The van der Waals surface area contributed by atoms with Crippen molar-refractivity contribution in [2.75, 3.05) is 39.2 Å². The Balaban J connectivity index is 2.44. The molecule has 1 aromatic carbocycles. The number of methoxy groups -OCH3 is 1. The van der Waals surface area contributed by atoms with Gasteiger partial charge in [0.1, 0.15) is 5.75 Å². The predicted octanol–water partition coefficient (Wildman–Crippen LogP) is 0.558. The minimum atomic E-state index is -0.105. The molecule has 0 aliphatic carbocycles. The first-order chi connectivity index (χ1) is 8.15. The van der Waals surface area contributed by atoms with Crippen LogP contribution in [0.25, 0.3) is 0 Å². The molecule has 0 saturated carbocycles. The number of nitrogens with zero attached hydrogens (tertiary/aromatic N) is 1. The van der Waals surface area contributed by atoms with E-state index < -0.39 is 0 Å². The monoisotopic (exact) mass is 238 g/mol. The molecule has 1 amide bonds. The second-order valence-electron chi connectivity index (χ2n) is 3.74. The van der Waals surface area contributed by atoms with Crippen molar-refractivity contribution in [1.29, 1.82) is 0 Å². The number of rotatable bonds is 6. The van der Waals surface area contributed by atoms with Crippen molar-refractivity contribution in [1.82, 2.24) is 4.90 Å². The Bertz CT molecular complexity index is 351. The molecule has 0 atom stereocenters. The minimum Gasteiger partial charge on any atom is -0.497 e. The smallest absolute Gasteiger partial charge is 0.238 e. The highest BCUT2D eigenvalue weighted by molar-refractivity contribution is 5.92. The molecule has 17 heavy (non-hydrogen) atoms. The van der Waals surface area contributed by atoms with Gasteiger partial charge in [-0.2, -0.15) is 0 Å². The number of carbonyl (C=O) groups excluding carboxylic acids is 1. The molecular formula is C12H18N2O3. The van der Waals surface area contributed by atoms with E-state index >= 15 is 0 Å². The number of benzene rings is 1. The number of likely N-dealkylation sites (N-methyl/N-ethyl adjacent to an activating group) is 1. The standard InChI is InChI=1S/C12H18N2O3/c1-14(7-8-15)9-12(16)13-10-3-5-11(17-2)6-4-10/h3-6,15H,7-9H2,1-2H3,(H,13,16). The zero-order valence-electron chi connectivity index (χ0n) is 10.1. The lowest BCUT2D eigenvalue weighted by Crippen LogP contribution is -2.32. The first-order valence-corrected chi connectivity index (χ1v) is 5.39. The van der Waals surface area contributed by atoms with Crippen LogP contribution in [0.2, 0.25) is 0 Å². The summed E-state index contributed by atoms with van der Waals surface area (Å²) >= 11 is 0. The Hall–Kier alpha value is -1.59. The third-order valence-electron chi connectivity index (χ3n) is 2.27. The van der Waals surface area contributed by atoms with Gasteiger partial charge in [0.25, 0.3) is 0 Å². The summed E-state index contributed by atoms with van der Waals surface area (Å²) in [4.78, 5) is 13.3. The van der Waals surface area contributed by atoms with E-state index in [1.165, 1.54) is 0 Å². The second kappa shape index (κ2) is 6.88. The number of carbonyl (C=O) groups is 1. The molecule has 0 saturated heterocycles. The van der Waals surface area contributed by atoms with Crippen LogP contribution in [0.15, 0.2) is 24.3 Å². The van der Waals surface area contributed by atoms with E-state index in [1.807, 2.05) is 0 Å². The summed E-state index contributed by atoms with van der Waals surface area (Å²) in [5.41, 5.74) is 0.730. The lowest BCUT2D eigenvalue weighted by atomic mass is 10.3. The normalized spacial score (nSPS) is 10.4. The molecule has 2 N–H and O–H groups in total. The third-order valence-corrected chi connectivity index (χ3v) is 2.27. The Morgan fingerprint density at radius 2 is 2.06 bits per heavy atom. The molecule has 0 unspecified atom stereocenters. The van der Waals surface area contributed by atoms with Gasteiger partial charge in [-0.15, -0.1) is 0 Å². The Kier molecular flexibility index (Phi) is 5.45. The van der Waals surface area contributed by atoms with Crippen LogP contribution in [0.3, 0.4) is 0 Å². The number of aliphatic hydroxyl groups excluding tert-OH is 1. The van der Waals surface area contributed by atoms with Gasteiger partial charge in [-0.3, -0.25) is 9.69 Å². The van der Waals surface area contributed by atoms with Crippen LogP contribution < -0.4 is 10.1 Å². The molecule has 0 aliphatic heterocycles. The van der Waals surface area contributed by atoms with Crippen molar-refractivity contribution >= 4 is 11.6 Å². The largest absolute Gasteiger partial charge is 0.497 e. The third kappa shape index (κ3) is 4.84. The quantitative estimate of drug-likeness (QED) is 0.760. The van der Waals surface area contributed by atoms with Crippen molar-refractivity contribution in [3.05, 3.63) is 24.3 Å². The molecule has 0 radical (unpaired) electrons. The molecule has 5 nitrogen and oxygen atoms in total. The topological polar surface area (TPSA) is 61.8 Å². The van der Waals surface area contributed by atoms with Crippen LogP contribution in [-0.2, 0) is 4.79 Å². The van der Waals surface area contributed by atoms with Crippen molar-refractivity contribution in [2.24, 2.45) is 0 Å². The average Bonchev–Trinajstić information content (AvgIpc) is 2.30. The summed E-state index contributed by atoms with van der Waals surface area (Å²) in [6, 6.07) is 7.13. The molecule has 0 spiro atoms. The van der Waals surface area contributed by atoms with Gasteiger partial charge < -0.3 is 15.2 Å². The summed E-state index contributed by atoms with van der Waals surface area (Å²) in [5.74, 6) is 0.645. The minimum absolute atomic E-state index is 0.0479. The molecule has 0 fully saturated rings. The van der Waals surface area contributed by atoms with Gasteiger partial charge in [0, 0.05) is 12.2 Å². The summed E-state index contributed by atoms with van der Waals surface area (Å²) in [6.07, 6.45) is 0. The Labute approximate surface area is 101 Å². The van der Waals surface area contributed by atoms with E-state index in [9.17, 15) is 4.79 Å². The van der Waals surface area contributed by atoms with Crippen LogP contribution in [-0.4, -0.2) is 49.8 Å². The number of hydrogen-bond acceptors (Lipinski definition) is 4. The number of aliphatic hydroxyl groups is 1. The highest BCUT2D eigenvalue weighted by Gasteiger charge is 2.06. The van der Waals surface area contributed by atoms with E-state index in [2.05, 4.69) is 5.32 Å². The maximum Gasteiger partial charge on any atom is 0.238 e. The molecule has 0 bridgehead atoms. The average molecular weight is 238 g/mol. The Morgan fingerprint density at radius 1 is 1.41 bits per heavy atom. The predicted molar refractivity (Wildman–Crippen MR) is 66.2 cm³/mol. The van der Waals surface area contributed by atoms with Crippen LogP contribution in [0.4, 0.5) is 5.69 Å². The van der Waals surface area contributed by atoms with Gasteiger partial charge in [-0.25, -0.2) is 0 Å². The Morgan fingerprint density at radius 3 is 2.59 bits per heavy atom. The van der Waals surface area contributed by atoms with Gasteiger partial charge in [0.05, 0.1) is 20.3 Å². The summed E-state index contributed by atoms with van der Waals surface area (Å²) in [7, 11) is 3.38. The van der Waals surface area contributed by atoms with Gasteiger partial charge >= 0.3 is 0 Å². The fourth-order valence-electron chi connectivity index (χ4n) is 1.37. The van der Waals surface area contributed by atoms with E-state index in [1.54, 1.807) is 43.3 Å². The van der Waals surface area contributed by atoms with Crippen LogP contribution in [0, 0.1) is 0 Å². The molecular weight excluding hydrogens is 220 g/mol. The second-order valence-corrected chi connectivity index (χ2v) is 3.74. The molecule has 1 aromatic rings. The lowest BCUT2D eigenvalue weighted by molar-refractivity contribution is -0.117. The molecule has 94 valence electrons.